The van der Waals surface area contributed by atoms with Crippen molar-refractivity contribution in [2.75, 3.05) is 33.4 Å². The second kappa shape index (κ2) is 13.1. The topological polar surface area (TPSA) is 107 Å². The van der Waals surface area contributed by atoms with Gasteiger partial charge in [-0.05, 0) is 86.0 Å². The van der Waals surface area contributed by atoms with Gasteiger partial charge in [-0.15, -0.1) is 0 Å². The van der Waals surface area contributed by atoms with Crippen LogP contribution < -0.4 is 20.5 Å². The summed E-state index contributed by atoms with van der Waals surface area (Å²) in [6.45, 7) is 2.14. The highest BCUT2D eigenvalue weighted by atomic mass is 19.4. The van der Waals surface area contributed by atoms with Crippen molar-refractivity contribution in [3.8, 4) is 22.8 Å². The van der Waals surface area contributed by atoms with Gasteiger partial charge in [0.25, 0.3) is 5.91 Å². The summed E-state index contributed by atoms with van der Waals surface area (Å²) in [4.78, 5) is 17.3. The highest BCUT2D eigenvalue weighted by Crippen LogP contribution is 2.41. The van der Waals surface area contributed by atoms with Gasteiger partial charge in [0.15, 0.2) is 11.5 Å². The minimum Gasteiger partial charge on any atom is -0.493 e. The molecular formula is C29H33F4N3O4. The number of halogens is 4. The molecule has 0 fully saturated rings. The lowest BCUT2D eigenvalue weighted by Gasteiger charge is -2.33. The van der Waals surface area contributed by atoms with E-state index in [9.17, 15) is 22.4 Å². The molecule has 11 heteroatoms. The largest absolute Gasteiger partial charge is 0.493 e. The Kier molecular flexibility index (Phi) is 10.1. The second-order valence-corrected chi connectivity index (χ2v) is 9.61. The molecule has 2 aromatic carbocycles. The number of aliphatic hydroxyl groups excluding tert-OH is 1. The molecular weight excluding hydrogens is 530 g/mol. The lowest BCUT2D eigenvalue weighted by atomic mass is 9.82. The van der Waals surface area contributed by atoms with Crippen LogP contribution in [-0.4, -0.2) is 55.6 Å². The van der Waals surface area contributed by atoms with Crippen molar-refractivity contribution in [3.63, 3.8) is 0 Å². The van der Waals surface area contributed by atoms with Crippen molar-refractivity contribution in [2.24, 2.45) is 5.73 Å². The van der Waals surface area contributed by atoms with E-state index in [0.717, 1.165) is 6.92 Å². The van der Waals surface area contributed by atoms with Gasteiger partial charge in [-0.3, -0.25) is 9.78 Å². The zero-order valence-electron chi connectivity index (χ0n) is 22.5. The van der Waals surface area contributed by atoms with Gasteiger partial charge < -0.3 is 25.6 Å². The number of carbonyl (C=O) groups excluding carboxylic acids is 1. The number of methoxy groups -OCH3 is 1. The minimum absolute atomic E-state index is 0.00170. The molecule has 216 valence electrons. The number of amides is 1. The van der Waals surface area contributed by atoms with Gasteiger partial charge >= 0.3 is 6.18 Å². The van der Waals surface area contributed by atoms with E-state index in [4.69, 9.17) is 20.3 Å². The van der Waals surface area contributed by atoms with Crippen LogP contribution in [0.15, 0.2) is 54.6 Å². The fourth-order valence-electron chi connectivity index (χ4n) is 4.08. The quantitative estimate of drug-likeness (QED) is 0.269. The van der Waals surface area contributed by atoms with Gasteiger partial charge in [0.2, 0.25) is 0 Å². The number of nitrogens with two attached hydrogens (primary N) is 1. The van der Waals surface area contributed by atoms with E-state index in [-0.39, 0.29) is 47.6 Å². The van der Waals surface area contributed by atoms with Gasteiger partial charge in [-0.2, -0.15) is 13.2 Å². The van der Waals surface area contributed by atoms with Gasteiger partial charge in [0.05, 0.1) is 25.1 Å². The molecule has 1 heterocycles. The van der Waals surface area contributed by atoms with E-state index >= 15 is 0 Å². The molecule has 2 atom stereocenters. The summed E-state index contributed by atoms with van der Waals surface area (Å²) in [5.41, 5.74) is 4.21. The van der Waals surface area contributed by atoms with Crippen LogP contribution in [0.4, 0.5) is 17.6 Å². The van der Waals surface area contributed by atoms with E-state index in [1.54, 1.807) is 6.07 Å². The number of hydrogen-bond donors (Lipinski definition) is 3. The smallest absolute Gasteiger partial charge is 0.401 e. The predicted molar refractivity (Wildman–Crippen MR) is 143 cm³/mol. The van der Waals surface area contributed by atoms with E-state index in [2.05, 4.69) is 10.3 Å². The Morgan fingerprint density at radius 2 is 1.80 bits per heavy atom. The van der Waals surface area contributed by atoms with Gasteiger partial charge in [0.1, 0.15) is 17.8 Å². The fourth-order valence-corrected chi connectivity index (χ4v) is 4.08. The summed E-state index contributed by atoms with van der Waals surface area (Å²) in [6.07, 6.45) is -4.26. The molecule has 0 saturated heterocycles. The highest BCUT2D eigenvalue weighted by Gasteiger charge is 2.53. The maximum Gasteiger partial charge on any atom is 0.401 e. The third-order valence-corrected chi connectivity index (χ3v) is 6.72. The van der Waals surface area contributed by atoms with Crippen LogP contribution in [-0.2, 0) is 5.41 Å². The highest BCUT2D eigenvalue weighted by molar-refractivity contribution is 5.95. The molecule has 1 amide bonds. The first-order valence-corrected chi connectivity index (χ1v) is 12.7. The maximum absolute atomic E-state index is 14.7. The first-order chi connectivity index (χ1) is 18.9. The monoisotopic (exact) mass is 563 g/mol. The normalized spacial score (nSPS) is 13.8. The molecule has 3 aromatic rings. The van der Waals surface area contributed by atoms with Gasteiger partial charge in [-0.1, -0.05) is 6.92 Å². The summed E-state index contributed by atoms with van der Waals surface area (Å²) in [5, 5.41) is 11.4. The van der Waals surface area contributed by atoms with E-state index < -0.39 is 29.9 Å². The number of alkyl halides is 3. The zero-order chi connectivity index (χ0) is 29.5. The summed E-state index contributed by atoms with van der Waals surface area (Å²) in [7, 11) is 1.35. The minimum atomic E-state index is -4.79. The van der Waals surface area contributed by atoms with Crippen molar-refractivity contribution in [1.29, 1.82) is 0 Å². The average Bonchev–Trinajstić information content (AvgIpc) is 2.94. The summed E-state index contributed by atoms with van der Waals surface area (Å²) in [5.74, 6) is -0.948. The Labute approximate surface area is 230 Å². The molecule has 3 rings (SSSR count). The molecule has 0 aliphatic rings. The fraction of sp³-hybridized carbons (Fsp3) is 0.379. The molecule has 0 bridgehead atoms. The number of rotatable bonds is 12. The Morgan fingerprint density at radius 1 is 1.10 bits per heavy atom. The van der Waals surface area contributed by atoms with Crippen molar-refractivity contribution in [3.05, 3.63) is 77.2 Å². The van der Waals surface area contributed by atoms with Crippen molar-refractivity contribution >= 4 is 5.91 Å². The molecule has 0 spiro atoms. The maximum atomic E-state index is 14.7. The Hall–Kier alpha value is -3.70. The van der Waals surface area contributed by atoms with Crippen LogP contribution >= 0.6 is 0 Å². The molecule has 1 aromatic heterocycles. The van der Waals surface area contributed by atoms with Crippen LogP contribution in [0, 0.1) is 5.82 Å². The number of benzene rings is 2. The number of pyridine rings is 1. The molecule has 0 aliphatic carbocycles. The average molecular weight is 564 g/mol. The van der Waals surface area contributed by atoms with Gasteiger partial charge in [0, 0.05) is 17.7 Å². The zero-order valence-corrected chi connectivity index (χ0v) is 22.5. The summed E-state index contributed by atoms with van der Waals surface area (Å²) in [6, 6.07) is 12.6. The van der Waals surface area contributed by atoms with Crippen molar-refractivity contribution < 1.29 is 36.9 Å². The molecule has 0 saturated carbocycles. The molecule has 7 nitrogen and oxygen atoms in total. The molecule has 40 heavy (non-hydrogen) atoms. The number of hydrogen-bond acceptors (Lipinski definition) is 6. The third-order valence-electron chi connectivity index (χ3n) is 6.72. The number of nitrogens with one attached hydrogen (secondary N) is 1. The van der Waals surface area contributed by atoms with Crippen LogP contribution in [0.5, 0.6) is 11.5 Å². The standard InChI is InChI=1S/C29H33F4N3O4/c1-18(10-11-34)21-14-23(19-4-7-22(30)8-5-19)36-26(16-21)28(2,29(31,32)33)17-35-27(38)20-6-9-24(40-13-12-37)25(15-20)39-3/h4-9,14-16,18,37H,10-13,17,34H2,1-3H3,(H,35,38). The van der Waals surface area contributed by atoms with Gasteiger partial charge in [-0.25, -0.2) is 4.39 Å². The number of ether oxygens (including phenoxy) is 2. The number of carbonyl (C=O) groups is 1. The number of aliphatic hydroxyl groups is 1. The summed E-state index contributed by atoms with van der Waals surface area (Å²) >= 11 is 0. The van der Waals surface area contributed by atoms with Crippen LogP contribution in [0.1, 0.15) is 47.8 Å². The van der Waals surface area contributed by atoms with E-state index in [0.29, 0.717) is 24.1 Å². The lowest BCUT2D eigenvalue weighted by Crippen LogP contribution is -2.49. The van der Waals surface area contributed by atoms with Crippen LogP contribution in [0.3, 0.4) is 0 Å². The molecule has 0 radical (unpaired) electrons. The second-order valence-electron chi connectivity index (χ2n) is 9.61. The van der Waals surface area contributed by atoms with Crippen molar-refractivity contribution in [1.82, 2.24) is 10.3 Å². The van der Waals surface area contributed by atoms with Crippen molar-refractivity contribution in [2.45, 2.75) is 37.8 Å². The Morgan fingerprint density at radius 3 is 2.40 bits per heavy atom. The molecule has 4 N–H and O–H groups in total. The summed E-state index contributed by atoms with van der Waals surface area (Å²) < 4.78 is 68.1. The third kappa shape index (κ3) is 7.08. The van der Waals surface area contributed by atoms with Crippen LogP contribution in [0.2, 0.25) is 0 Å². The lowest BCUT2D eigenvalue weighted by molar-refractivity contribution is -0.184. The first kappa shape index (κ1) is 30.8. The molecule has 2 unspecified atom stereocenters. The van der Waals surface area contributed by atoms with E-state index in [1.807, 2.05) is 6.92 Å². The SMILES string of the molecule is COc1cc(C(=O)NCC(C)(c2cc(C(C)CCN)cc(-c3ccc(F)cc3)n2)C(F)(F)F)ccc1OCCO. The first-order valence-electron chi connectivity index (χ1n) is 12.7. The predicted octanol–water partition coefficient (Wildman–Crippen LogP) is 4.97. The Balaban J connectivity index is 1.99. The number of nitrogens with zero attached hydrogens (tertiary/aromatic N) is 1. The molecule has 0 aliphatic heterocycles. The Bertz CT molecular complexity index is 1300. The van der Waals surface area contributed by atoms with E-state index in [1.165, 1.54) is 55.6 Å². The van der Waals surface area contributed by atoms with Crippen LogP contribution in [0.25, 0.3) is 11.3 Å². The number of aromatic nitrogens is 1.